The van der Waals surface area contributed by atoms with Crippen LogP contribution in [0.15, 0.2) is 217 Å². The van der Waals surface area contributed by atoms with Gasteiger partial charge in [0.1, 0.15) is 11.2 Å². The molecule has 0 aliphatic heterocycles. The van der Waals surface area contributed by atoms with Gasteiger partial charge in [0.05, 0.1) is 22.1 Å². The second-order valence-electron chi connectivity index (χ2n) is 15.0. The summed E-state index contributed by atoms with van der Waals surface area (Å²) in [7, 11) is 0. The molecule has 0 amide bonds. The number of aromatic nitrogens is 1. The van der Waals surface area contributed by atoms with Gasteiger partial charge in [-0.3, -0.25) is 0 Å². The van der Waals surface area contributed by atoms with Crippen molar-refractivity contribution in [1.82, 2.24) is 4.57 Å². The molecule has 0 fully saturated rings. The van der Waals surface area contributed by atoms with Crippen LogP contribution in [0.4, 0.5) is 17.1 Å². The molecule has 9 aromatic carbocycles. The van der Waals surface area contributed by atoms with Crippen molar-refractivity contribution < 1.29 is 4.42 Å². The van der Waals surface area contributed by atoms with Gasteiger partial charge in [0.25, 0.3) is 0 Å². The second-order valence-corrected chi connectivity index (χ2v) is 15.0. The van der Waals surface area contributed by atoms with Crippen molar-refractivity contribution in [2.45, 2.75) is 6.92 Å². The summed E-state index contributed by atoms with van der Waals surface area (Å²) < 4.78 is 9.30. The molecule has 0 radical (unpaired) electrons. The number of para-hydroxylation sites is 3. The molecule has 58 heavy (non-hydrogen) atoms. The average Bonchev–Trinajstić information content (AvgIpc) is 3.85. The van der Waals surface area contributed by atoms with Crippen molar-refractivity contribution in [3.05, 3.63) is 218 Å². The summed E-state index contributed by atoms with van der Waals surface area (Å²) in [4.78, 5) is 2.39. The smallest absolute Gasteiger partial charge is 0.145 e. The SMILES string of the molecule is Cc1ccc(N(c2ccc(-c3ccccc3)c(-c3ccccc3)c2)c2ccc(-c3cccc(-n4c5ccccc5c5ccccc54)c3)c3oc4ccccc4c23)cc1. The fourth-order valence-corrected chi connectivity index (χ4v) is 8.76. The molecule has 2 aromatic heterocycles. The van der Waals surface area contributed by atoms with Crippen LogP contribution in [0.1, 0.15) is 5.56 Å². The zero-order valence-electron chi connectivity index (χ0n) is 32.0. The van der Waals surface area contributed by atoms with Gasteiger partial charge in [0, 0.05) is 38.8 Å². The number of benzene rings is 9. The van der Waals surface area contributed by atoms with E-state index < -0.39 is 0 Å². The number of furan rings is 1. The molecular weight excluding hydrogens is 705 g/mol. The highest BCUT2D eigenvalue weighted by atomic mass is 16.3. The Labute approximate surface area is 337 Å². The molecular formula is C55H38N2O. The largest absolute Gasteiger partial charge is 0.455 e. The highest BCUT2D eigenvalue weighted by Gasteiger charge is 2.24. The van der Waals surface area contributed by atoms with Gasteiger partial charge in [-0.15, -0.1) is 0 Å². The van der Waals surface area contributed by atoms with Gasteiger partial charge in [-0.1, -0.05) is 151 Å². The number of rotatable bonds is 7. The molecule has 3 heteroatoms. The van der Waals surface area contributed by atoms with Crippen LogP contribution in [-0.4, -0.2) is 4.57 Å². The molecule has 0 bridgehead atoms. The van der Waals surface area contributed by atoms with Crippen molar-refractivity contribution >= 4 is 60.8 Å². The molecule has 0 saturated heterocycles. The Morgan fingerprint density at radius 3 is 1.69 bits per heavy atom. The first-order valence-corrected chi connectivity index (χ1v) is 19.8. The quantitative estimate of drug-likeness (QED) is 0.162. The van der Waals surface area contributed by atoms with Gasteiger partial charge < -0.3 is 13.9 Å². The number of anilines is 3. The molecule has 0 spiro atoms. The zero-order chi connectivity index (χ0) is 38.6. The highest BCUT2D eigenvalue weighted by Crippen LogP contribution is 2.48. The van der Waals surface area contributed by atoms with E-state index in [1.807, 2.05) is 0 Å². The predicted octanol–water partition coefficient (Wildman–Crippen LogP) is 15.5. The third-order valence-electron chi connectivity index (χ3n) is 11.5. The van der Waals surface area contributed by atoms with Crippen molar-refractivity contribution in [2.24, 2.45) is 0 Å². The molecule has 2 heterocycles. The molecule has 0 aliphatic rings. The lowest BCUT2D eigenvalue weighted by atomic mass is 9.93. The van der Waals surface area contributed by atoms with E-state index in [0.29, 0.717) is 0 Å². The van der Waals surface area contributed by atoms with E-state index >= 15 is 0 Å². The number of aryl methyl sites for hydroxylation is 1. The third-order valence-corrected chi connectivity index (χ3v) is 11.5. The Balaban J connectivity index is 1.14. The van der Waals surface area contributed by atoms with Crippen LogP contribution in [0.5, 0.6) is 0 Å². The van der Waals surface area contributed by atoms with Crippen LogP contribution in [0.25, 0.3) is 82.8 Å². The summed E-state index contributed by atoms with van der Waals surface area (Å²) in [5, 5.41) is 4.64. The molecule has 11 aromatic rings. The summed E-state index contributed by atoms with van der Waals surface area (Å²) in [6.45, 7) is 2.14. The van der Waals surface area contributed by atoms with Gasteiger partial charge >= 0.3 is 0 Å². The number of hydrogen-bond acceptors (Lipinski definition) is 2. The minimum atomic E-state index is 0.859. The Kier molecular flexibility index (Phi) is 8.04. The van der Waals surface area contributed by atoms with Crippen LogP contribution in [0.2, 0.25) is 0 Å². The van der Waals surface area contributed by atoms with Gasteiger partial charge in [0.2, 0.25) is 0 Å². The maximum Gasteiger partial charge on any atom is 0.145 e. The first kappa shape index (κ1) is 33.7. The topological polar surface area (TPSA) is 21.3 Å². The first-order chi connectivity index (χ1) is 28.7. The Morgan fingerprint density at radius 2 is 0.983 bits per heavy atom. The molecule has 0 atom stereocenters. The number of hydrogen-bond donors (Lipinski definition) is 0. The average molecular weight is 743 g/mol. The van der Waals surface area contributed by atoms with Crippen molar-refractivity contribution in [3.8, 4) is 39.1 Å². The van der Waals surface area contributed by atoms with Crippen LogP contribution in [0, 0.1) is 6.92 Å². The second kappa shape index (κ2) is 13.8. The lowest BCUT2D eigenvalue weighted by Gasteiger charge is -2.28. The van der Waals surface area contributed by atoms with E-state index in [1.165, 1.54) is 49.6 Å². The van der Waals surface area contributed by atoms with Crippen LogP contribution >= 0.6 is 0 Å². The maximum atomic E-state index is 6.93. The molecule has 0 saturated carbocycles. The lowest BCUT2D eigenvalue weighted by molar-refractivity contribution is 0.670. The predicted molar refractivity (Wildman–Crippen MR) is 244 cm³/mol. The Morgan fingerprint density at radius 1 is 0.414 bits per heavy atom. The minimum absolute atomic E-state index is 0.859. The molecule has 11 rings (SSSR count). The van der Waals surface area contributed by atoms with E-state index in [1.54, 1.807) is 0 Å². The standard InChI is InChI=1S/C55H38N2O/c1-37-27-29-41(30-28-37)56(43-31-32-44(38-15-4-2-5-16-38)49(36-43)39-17-6-3-7-18-39)52-34-33-45(55-54(52)48-23-10-13-26-53(48)58-55)40-19-14-20-42(35-40)57-50-24-11-8-21-46(50)47-22-9-12-25-51(47)57/h2-36H,1H3. The van der Waals surface area contributed by atoms with Crippen LogP contribution in [-0.2, 0) is 0 Å². The monoisotopic (exact) mass is 742 g/mol. The van der Waals surface area contributed by atoms with Gasteiger partial charge in [-0.25, -0.2) is 0 Å². The van der Waals surface area contributed by atoms with Crippen molar-refractivity contribution in [2.75, 3.05) is 4.90 Å². The molecule has 3 nitrogen and oxygen atoms in total. The van der Waals surface area contributed by atoms with Gasteiger partial charge in [-0.2, -0.15) is 0 Å². The van der Waals surface area contributed by atoms with Crippen LogP contribution in [0.3, 0.4) is 0 Å². The van der Waals surface area contributed by atoms with Gasteiger partial charge in [0.15, 0.2) is 0 Å². The van der Waals surface area contributed by atoms with Crippen molar-refractivity contribution in [3.63, 3.8) is 0 Å². The summed E-state index contributed by atoms with van der Waals surface area (Å²) >= 11 is 0. The normalized spacial score (nSPS) is 11.5. The van der Waals surface area contributed by atoms with E-state index in [-0.39, 0.29) is 0 Å². The lowest BCUT2D eigenvalue weighted by Crippen LogP contribution is -2.11. The summed E-state index contributed by atoms with van der Waals surface area (Å²) in [6, 6.07) is 76.2. The number of fused-ring (bicyclic) bond motifs is 6. The molecule has 0 unspecified atom stereocenters. The van der Waals surface area contributed by atoms with Crippen LogP contribution < -0.4 is 4.90 Å². The molecule has 0 N–H and O–H groups in total. The summed E-state index contributed by atoms with van der Waals surface area (Å²) in [5.41, 5.74) is 16.5. The molecule has 274 valence electrons. The Bertz CT molecular complexity index is 3230. The van der Waals surface area contributed by atoms with Crippen molar-refractivity contribution in [1.29, 1.82) is 0 Å². The minimum Gasteiger partial charge on any atom is -0.455 e. The number of nitrogens with zero attached hydrogens (tertiary/aromatic N) is 2. The molecule has 0 aliphatic carbocycles. The first-order valence-electron chi connectivity index (χ1n) is 19.8. The fraction of sp³-hybridized carbons (Fsp3) is 0.0182. The third kappa shape index (κ3) is 5.59. The summed E-state index contributed by atoms with van der Waals surface area (Å²) in [6.07, 6.45) is 0. The van der Waals surface area contributed by atoms with Gasteiger partial charge in [-0.05, 0) is 101 Å². The highest BCUT2D eigenvalue weighted by molar-refractivity contribution is 6.17. The maximum absolute atomic E-state index is 6.93. The van der Waals surface area contributed by atoms with E-state index in [2.05, 4.69) is 229 Å². The summed E-state index contributed by atoms with van der Waals surface area (Å²) in [5.74, 6) is 0. The van der Waals surface area contributed by atoms with E-state index in [0.717, 1.165) is 55.8 Å². The fourth-order valence-electron chi connectivity index (χ4n) is 8.76. The van der Waals surface area contributed by atoms with E-state index in [4.69, 9.17) is 4.42 Å². The zero-order valence-corrected chi connectivity index (χ0v) is 32.0. The van der Waals surface area contributed by atoms with E-state index in [9.17, 15) is 0 Å². The Hall–Kier alpha value is -7.62.